The molecule has 1 aliphatic rings. The minimum Gasteiger partial charge on any atom is -0.320 e. The predicted octanol–water partition coefficient (Wildman–Crippen LogP) is 4.51. The molecule has 3 heterocycles. The lowest BCUT2D eigenvalue weighted by Crippen LogP contribution is -2.51. The second-order valence-corrected chi connectivity index (χ2v) is 8.53. The van der Waals surface area contributed by atoms with Crippen LogP contribution in [0.3, 0.4) is 0 Å². The molecule has 0 bridgehead atoms. The van der Waals surface area contributed by atoms with Crippen molar-refractivity contribution in [2.45, 2.75) is 6.04 Å². The molecule has 0 unspecified atom stereocenters. The number of carbonyl (C=O) groups excluding carboxylic acids is 1. The minimum absolute atomic E-state index is 0.0400. The van der Waals surface area contributed by atoms with Gasteiger partial charge in [0.05, 0.1) is 6.04 Å². The first kappa shape index (κ1) is 20.9. The van der Waals surface area contributed by atoms with Crippen LogP contribution in [0.1, 0.15) is 17.2 Å². The molecule has 2 aromatic heterocycles. The number of fused-ring (bicyclic) bond motifs is 1. The molecule has 0 atom stereocenters. The van der Waals surface area contributed by atoms with E-state index < -0.39 is 0 Å². The Hall–Kier alpha value is -3.00. The molecule has 32 heavy (non-hydrogen) atoms. The molecular weight excluding hydrogens is 447 g/mol. The van der Waals surface area contributed by atoms with Gasteiger partial charge >= 0.3 is 6.03 Å². The maximum atomic E-state index is 13.1. The Bertz CT molecular complexity index is 1190. The van der Waals surface area contributed by atoms with Gasteiger partial charge in [-0.3, -0.25) is 4.90 Å². The zero-order chi connectivity index (χ0) is 22.1. The average Bonchev–Trinajstić information content (AvgIpc) is 3.26. The number of aromatic nitrogens is 4. The number of hydrogen-bond donors (Lipinski definition) is 0. The zero-order valence-electron chi connectivity index (χ0n) is 17.1. The van der Waals surface area contributed by atoms with Crippen molar-refractivity contribution >= 4 is 40.4 Å². The highest BCUT2D eigenvalue weighted by Gasteiger charge is 2.29. The van der Waals surface area contributed by atoms with Gasteiger partial charge in [0.1, 0.15) is 5.52 Å². The smallest absolute Gasteiger partial charge is 0.320 e. The van der Waals surface area contributed by atoms with Crippen LogP contribution < -0.4 is 0 Å². The number of nitrogens with zero attached hydrogens (tertiary/aromatic N) is 6. The van der Waals surface area contributed by atoms with E-state index in [4.69, 9.17) is 23.2 Å². The van der Waals surface area contributed by atoms with Gasteiger partial charge in [0.2, 0.25) is 5.65 Å². The van der Waals surface area contributed by atoms with Crippen molar-refractivity contribution in [1.29, 1.82) is 0 Å². The fraction of sp³-hybridized carbons (Fsp3) is 0.217. The van der Waals surface area contributed by atoms with E-state index in [0.29, 0.717) is 47.4 Å². The Morgan fingerprint density at radius 1 is 0.844 bits per heavy atom. The maximum Gasteiger partial charge on any atom is 0.346 e. The van der Waals surface area contributed by atoms with Crippen LogP contribution >= 0.6 is 23.2 Å². The first-order chi connectivity index (χ1) is 15.6. The van der Waals surface area contributed by atoms with Crippen LogP contribution in [0.25, 0.3) is 11.2 Å². The standard InChI is InChI=1S/C23H20Cl2N6O/c24-18-7-3-16(4-8-18)21(17-5-9-19(25)10-6-17)29-12-14-30(15-13-29)23(32)31-20-2-1-11-26-22(20)27-28-31/h1-11,21H,12-15H2. The first-order valence-electron chi connectivity index (χ1n) is 10.3. The van der Waals surface area contributed by atoms with Gasteiger partial charge in [-0.1, -0.05) is 52.7 Å². The van der Waals surface area contributed by atoms with Crippen molar-refractivity contribution in [3.63, 3.8) is 0 Å². The third-order valence-corrected chi connectivity index (χ3v) is 6.23. The summed E-state index contributed by atoms with van der Waals surface area (Å²) in [6.07, 6.45) is 1.64. The molecular formula is C23H20Cl2N6O. The van der Waals surface area contributed by atoms with E-state index in [2.05, 4.69) is 20.2 Å². The molecule has 4 aromatic rings. The van der Waals surface area contributed by atoms with Crippen molar-refractivity contribution in [3.05, 3.63) is 88.0 Å². The molecule has 162 valence electrons. The van der Waals surface area contributed by atoms with E-state index in [1.54, 1.807) is 23.2 Å². The highest BCUT2D eigenvalue weighted by Crippen LogP contribution is 2.31. The van der Waals surface area contributed by atoms with Gasteiger partial charge in [-0.05, 0) is 47.5 Å². The second kappa shape index (κ2) is 8.86. The van der Waals surface area contributed by atoms with Crippen LogP contribution in [-0.2, 0) is 0 Å². The van der Waals surface area contributed by atoms with Gasteiger partial charge in [-0.25, -0.2) is 9.78 Å². The molecule has 1 saturated heterocycles. The van der Waals surface area contributed by atoms with Crippen LogP contribution in [0.2, 0.25) is 10.0 Å². The van der Waals surface area contributed by atoms with E-state index in [-0.39, 0.29) is 12.1 Å². The first-order valence-corrected chi connectivity index (χ1v) is 11.1. The van der Waals surface area contributed by atoms with Crippen LogP contribution in [0, 0.1) is 0 Å². The summed E-state index contributed by atoms with van der Waals surface area (Å²) in [5, 5.41) is 9.41. The molecule has 7 nitrogen and oxygen atoms in total. The Balaban J connectivity index is 1.37. The third-order valence-electron chi connectivity index (χ3n) is 5.73. The summed E-state index contributed by atoms with van der Waals surface area (Å²) in [6.45, 7) is 2.59. The Kier molecular flexibility index (Phi) is 5.78. The van der Waals surface area contributed by atoms with Gasteiger partial charge in [-0.2, -0.15) is 4.68 Å². The molecule has 0 spiro atoms. The Morgan fingerprint density at radius 3 is 2.03 bits per heavy atom. The molecule has 9 heteroatoms. The molecule has 2 aromatic carbocycles. The molecule has 1 fully saturated rings. The second-order valence-electron chi connectivity index (χ2n) is 7.66. The van der Waals surface area contributed by atoms with Crippen molar-refractivity contribution in [2.24, 2.45) is 0 Å². The quantitative estimate of drug-likeness (QED) is 0.444. The van der Waals surface area contributed by atoms with Crippen LogP contribution in [-0.4, -0.2) is 62.0 Å². The number of pyridine rings is 1. The largest absolute Gasteiger partial charge is 0.346 e. The van der Waals surface area contributed by atoms with Gasteiger partial charge in [0, 0.05) is 42.4 Å². The predicted molar refractivity (Wildman–Crippen MR) is 124 cm³/mol. The van der Waals surface area contributed by atoms with Gasteiger partial charge < -0.3 is 4.90 Å². The summed E-state index contributed by atoms with van der Waals surface area (Å²) in [5.74, 6) is 0. The SMILES string of the molecule is O=C(N1CCN(C(c2ccc(Cl)cc2)c2ccc(Cl)cc2)CC1)n1nnc2ncccc21. The van der Waals surface area contributed by atoms with Crippen molar-refractivity contribution in [1.82, 2.24) is 29.8 Å². The Morgan fingerprint density at radius 2 is 1.44 bits per heavy atom. The lowest BCUT2D eigenvalue weighted by atomic mass is 9.96. The molecule has 5 rings (SSSR count). The highest BCUT2D eigenvalue weighted by atomic mass is 35.5. The number of rotatable bonds is 3. The van der Waals surface area contributed by atoms with E-state index in [1.807, 2.05) is 48.5 Å². The number of amides is 1. The van der Waals surface area contributed by atoms with E-state index in [1.165, 1.54) is 4.68 Å². The summed E-state index contributed by atoms with van der Waals surface area (Å²) in [7, 11) is 0. The summed E-state index contributed by atoms with van der Waals surface area (Å²) in [5.41, 5.74) is 3.36. The van der Waals surface area contributed by atoms with E-state index >= 15 is 0 Å². The molecule has 0 radical (unpaired) electrons. The fourth-order valence-corrected chi connectivity index (χ4v) is 4.37. The summed E-state index contributed by atoms with van der Waals surface area (Å²) < 4.78 is 1.33. The van der Waals surface area contributed by atoms with Crippen LogP contribution in [0.4, 0.5) is 4.79 Å². The number of piperazine rings is 1. The molecule has 0 aliphatic carbocycles. The van der Waals surface area contributed by atoms with E-state index in [9.17, 15) is 4.79 Å². The number of benzene rings is 2. The lowest BCUT2D eigenvalue weighted by molar-refractivity contribution is 0.120. The van der Waals surface area contributed by atoms with Gasteiger partial charge in [-0.15, -0.1) is 5.10 Å². The normalized spacial score (nSPS) is 14.9. The number of hydrogen-bond acceptors (Lipinski definition) is 5. The minimum atomic E-state index is -0.185. The van der Waals surface area contributed by atoms with Crippen molar-refractivity contribution in [2.75, 3.05) is 26.2 Å². The van der Waals surface area contributed by atoms with Crippen LogP contribution in [0.5, 0.6) is 0 Å². The summed E-state index contributed by atoms with van der Waals surface area (Å²) >= 11 is 12.2. The lowest BCUT2D eigenvalue weighted by Gasteiger charge is -2.39. The summed E-state index contributed by atoms with van der Waals surface area (Å²) in [4.78, 5) is 21.4. The van der Waals surface area contributed by atoms with E-state index in [0.717, 1.165) is 11.1 Å². The fourth-order valence-electron chi connectivity index (χ4n) is 4.12. The number of halogens is 2. The molecule has 0 saturated carbocycles. The molecule has 1 amide bonds. The molecule has 1 aliphatic heterocycles. The van der Waals surface area contributed by atoms with Gasteiger partial charge in [0.15, 0.2) is 0 Å². The molecule has 0 N–H and O–H groups in total. The average molecular weight is 467 g/mol. The van der Waals surface area contributed by atoms with Crippen LogP contribution in [0.15, 0.2) is 66.9 Å². The van der Waals surface area contributed by atoms with Crippen molar-refractivity contribution < 1.29 is 4.79 Å². The topological polar surface area (TPSA) is 67.2 Å². The number of carbonyl (C=O) groups is 1. The zero-order valence-corrected chi connectivity index (χ0v) is 18.6. The monoisotopic (exact) mass is 466 g/mol. The highest BCUT2D eigenvalue weighted by molar-refractivity contribution is 6.30. The maximum absolute atomic E-state index is 13.1. The van der Waals surface area contributed by atoms with Gasteiger partial charge in [0.25, 0.3) is 0 Å². The Labute approximate surface area is 195 Å². The third kappa shape index (κ3) is 4.07. The summed E-state index contributed by atoms with van der Waals surface area (Å²) in [6, 6.07) is 19.2. The van der Waals surface area contributed by atoms with Crippen molar-refractivity contribution in [3.8, 4) is 0 Å².